The highest BCUT2D eigenvalue weighted by Gasteiger charge is 2.24. The Morgan fingerprint density at radius 2 is 1.56 bits per heavy atom. The van der Waals surface area contributed by atoms with E-state index in [1.807, 2.05) is 0 Å². The van der Waals surface area contributed by atoms with E-state index in [1.54, 1.807) is 18.2 Å². The average Bonchev–Trinajstić information content (AvgIpc) is 2.24. The number of hydrogen-bond donors (Lipinski definition) is 2. The van der Waals surface area contributed by atoms with Crippen LogP contribution in [0.15, 0.2) is 46.2 Å². The van der Waals surface area contributed by atoms with E-state index in [4.69, 9.17) is 9.69 Å². The molecule has 0 fully saturated rings. The van der Waals surface area contributed by atoms with Crippen molar-refractivity contribution in [2.24, 2.45) is 5.14 Å². The summed E-state index contributed by atoms with van der Waals surface area (Å²) >= 11 is 0. The van der Waals surface area contributed by atoms with Crippen LogP contribution >= 0.6 is 0 Å². The number of sulfonamides is 1. The Morgan fingerprint density at radius 3 is 2.11 bits per heavy atom. The Balaban J connectivity index is 3.08. The van der Waals surface area contributed by atoms with Crippen molar-refractivity contribution in [2.45, 2.75) is 9.79 Å². The molecule has 2 aromatic rings. The second-order valence-electron chi connectivity index (χ2n) is 3.63. The van der Waals surface area contributed by atoms with Crippen molar-refractivity contribution in [1.29, 1.82) is 0 Å². The summed E-state index contributed by atoms with van der Waals surface area (Å²) in [6.45, 7) is 0. The van der Waals surface area contributed by atoms with E-state index in [-0.39, 0.29) is 5.39 Å². The number of hydrogen-bond acceptors (Lipinski definition) is 4. The first kappa shape index (κ1) is 13.0. The van der Waals surface area contributed by atoms with Crippen LogP contribution in [-0.2, 0) is 20.1 Å². The third-order valence-corrected chi connectivity index (χ3v) is 4.44. The van der Waals surface area contributed by atoms with Crippen molar-refractivity contribution in [2.75, 3.05) is 0 Å². The fourth-order valence-corrected chi connectivity index (χ4v) is 3.81. The summed E-state index contributed by atoms with van der Waals surface area (Å²) < 4.78 is 54.4. The lowest BCUT2D eigenvalue weighted by molar-refractivity contribution is 0.480. The molecule has 0 aliphatic rings. The van der Waals surface area contributed by atoms with Gasteiger partial charge < -0.3 is 0 Å². The molecule has 0 aromatic heterocycles. The van der Waals surface area contributed by atoms with Crippen LogP contribution in [0.2, 0.25) is 0 Å². The fraction of sp³-hybridized carbons (Fsp3) is 0. The Morgan fingerprint density at radius 1 is 0.944 bits per heavy atom. The quantitative estimate of drug-likeness (QED) is 0.790. The molecule has 3 N–H and O–H groups in total. The summed E-state index contributed by atoms with van der Waals surface area (Å²) in [6.07, 6.45) is 0. The van der Waals surface area contributed by atoms with Crippen molar-refractivity contribution >= 4 is 30.9 Å². The van der Waals surface area contributed by atoms with Gasteiger partial charge in [-0.3, -0.25) is 4.55 Å². The predicted molar refractivity (Wildman–Crippen MR) is 65.1 cm³/mol. The summed E-state index contributed by atoms with van der Waals surface area (Å²) in [6, 6.07) is 8.65. The maximum atomic E-state index is 11.5. The molecular formula is C10H9NO5S2. The minimum atomic E-state index is -4.67. The number of rotatable bonds is 2. The van der Waals surface area contributed by atoms with Gasteiger partial charge >= 0.3 is 0 Å². The van der Waals surface area contributed by atoms with Crippen LogP contribution in [0.5, 0.6) is 0 Å². The second-order valence-corrected chi connectivity index (χ2v) is 6.52. The first-order chi connectivity index (χ1) is 8.21. The van der Waals surface area contributed by atoms with Crippen molar-refractivity contribution in [1.82, 2.24) is 0 Å². The van der Waals surface area contributed by atoms with Gasteiger partial charge in [0, 0.05) is 5.39 Å². The molecule has 0 heterocycles. The normalized spacial score (nSPS) is 12.8. The summed E-state index contributed by atoms with van der Waals surface area (Å²) in [5, 5.41) is 5.67. The Labute approximate surface area is 104 Å². The van der Waals surface area contributed by atoms with Crippen molar-refractivity contribution in [3.63, 3.8) is 0 Å². The van der Waals surface area contributed by atoms with Gasteiger partial charge in [0.15, 0.2) is 0 Å². The summed E-state index contributed by atoms with van der Waals surface area (Å²) in [7, 11) is -8.95. The van der Waals surface area contributed by atoms with E-state index in [0.29, 0.717) is 5.39 Å². The zero-order valence-electron chi connectivity index (χ0n) is 8.94. The Hall–Kier alpha value is -1.48. The molecule has 0 bridgehead atoms. The molecular weight excluding hydrogens is 278 g/mol. The van der Waals surface area contributed by atoms with E-state index in [0.717, 1.165) is 6.07 Å². The van der Waals surface area contributed by atoms with E-state index >= 15 is 0 Å². The van der Waals surface area contributed by atoms with Gasteiger partial charge in [0.25, 0.3) is 10.1 Å². The summed E-state index contributed by atoms with van der Waals surface area (Å²) in [5.41, 5.74) is 0. The van der Waals surface area contributed by atoms with E-state index < -0.39 is 29.9 Å². The maximum Gasteiger partial charge on any atom is 0.295 e. The van der Waals surface area contributed by atoms with E-state index in [2.05, 4.69) is 0 Å². The van der Waals surface area contributed by atoms with Crippen LogP contribution in [0, 0.1) is 0 Å². The lowest BCUT2D eigenvalue weighted by Gasteiger charge is -2.08. The standard InChI is InChI=1S/C10H9NO5S2/c11-17(12,13)10-8-4-2-1-3-7(8)5-6-9(10)18(14,15)16/h1-6H,(H2,11,12,13)(H,14,15,16). The Kier molecular flexibility index (Phi) is 2.90. The third kappa shape index (κ3) is 2.23. The maximum absolute atomic E-state index is 11.5. The molecule has 0 unspecified atom stereocenters. The smallest absolute Gasteiger partial charge is 0.282 e. The largest absolute Gasteiger partial charge is 0.295 e. The van der Waals surface area contributed by atoms with Crippen molar-refractivity contribution < 1.29 is 21.4 Å². The van der Waals surface area contributed by atoms with Gasteiger partial charge in [-0.05, 0) is 11.5 Å². The Bertz CT molecular complexity index is 824. The molecule has 0 radical (unpaired) electrons. The van der Waals surface area contributed by atoms with Crippen LogP contribution in [-0.4, -0.2) is 21.4 Å². The lowest BCUT2D eigenvalue weighted by atomic mass is 10.1. The molecule has 0 spiro atoms. The molecule has 0 atom stereocenters. The highest BCUT2D eigenvalue weighted by atomic mass is 32.2. The van der Waals surface area contributed by atoms with Crippen LogP contribution in [0.3, 0.4) is 0 Å². The monoisotopic (exact) mass is 287 g/mol. The molecule has 2 rings (SSSR count). The zero-order chi connectivity index (χ0) is 13.6. The van der Waals surface area contributed by atoms with Gasteiger partial charge in [0.2, 0.25) is 10.0 Å². The third-order valence-electron chi connectivity index (χ3n) is 2.41. The second kappa shape index (κ2) is 4.02. The van der Waals surface area contributed by atoms with Crippen LogP contribution in [0.4, 0.5) is 0 Å². The summed E-state index contributed by atoms with van der Waals surface area (Å²) in [5.74, 6) is 0. The molecule has 0 saturated carbocycles. The number of benzene rings is 2. The molecule has 0 saturated heterocycles. The molecule has 8 heteroatoms. The molecule has 2 aromatic carbocycles. The molecule has 0 aliphatic carbocycles. The van der Waals surface area contributed by atoms with E-state index in [1.165, 1.54) is 12.1 Å². The first-order valence-corrected chi connectivity index (χ1v) is 7.72. The topological polar surface area (TPSA) is 115 Å². The van der Waals surface area contributed by atoms with Crippen molar-refractivity contribution in [3.05, 3.63) is 36.4 Å². The SMILES string of the molecule is NS(=O)(=O)c1c(S(=O)(=O)O)ccc2ccccc12. The van der Waals surface area contributed by atoms with Gasteiger partial charge in [-0.15, -0.1) is 0 Å². The molecule has 18 heavy (non-hydrogen) atoms. The number of fused-ring (bicyclic) bond motifs is 1. The minimum absolute atomic E-state index is 0.148. The zero-order valence-corrected chi connectivity index (χ0v) is 10.6. The molecule has 96 valence electrons. The van der Waals surface area contributed by atoms with Gasteiger partial charge in [0.05, 0.1) is 0 Å². The van der Waals surface area contributed by atoms with E-state index in [9.17, 15) is 16.8 Å². The molecule has 0 amide bonds. The minimum Gasteiger partial charge on any atom is -0.282 e. The highest BCUT2D eigenvalue weighted by molar-refractivity contribution is 7.91. The van der Waals surface area contributed by atoms with Gasteiger partial charge in [-0.25, -0.2) is 13.6 Å². The first-order valence-electron chi connectivity index (χ1n) is 4.73. The number of nitrogens with two attached hydrogens (primary N) is 1. The van der Waals surface area contributed by atoms with Crippen molar-refractivity contribution in [3.8, 4) is 0 Å². The predicted octanol–water partition coefficient (Wildman–Crippen LogP) is 0.734. The lowest BCUT2D eigenvalue weighted by Crippen LogP contribution is -2.17. The van der Waals surface area contributed by atoms with Crippen LogP contribution in [0.1, 0.15) is 0 Å². The molecule has 0 aliphatic heterocycles. The van der Waals surface area contributed by atoms with Crippen LogP contribution in [0.25, 0.3) is 10.8 Å². The number of primary sulfonamides is 1. The van der Waals surface area contributed by atoms with Gasteiger partial charge in [-0.1, -0.05) is 30.3 Å². The average molecular weight is 287 g/mol. The van der Waals surface area contributed by atoms with Crippen LogP contribution < -0.4 is 5.14 Å². The van der Waals surface area contributed by atoms with Gasteiger partial charge in [0.1, 0.15) is 9.79 Å². The highest BCUT2D eigenvalue weighted by Crippen LogP contribution is 2.28. The van der Waals surface area contributed by atoms with Gasteiger partial charge in [-0.2, -0.15) is 8.42 Å². The summed E-state index contributed by atoms with van der Waals surface area (Å²) in [4.78, 5) is -1.31. The fourth-order valence-electron chi connectivity index (χ4n) is 1.72. The molecule has 6 nitrogen and oxygen atoms in total.